The molecule has 0 spiro atoms. The number of rotatable bonds is 2. The molecule has 0 saturated carbocycles. The molecule has 0 fully saturated rings. The van der Waals surface area contributed by atoms with Gasteiger partial charge in [0.15, 0.2) is 0 Å². The molecule has 0 atom stereocenters. The third-order valence-corrected chi connectivity index (χ3v) is 3.33. The van der Waals surface area contributed by atoms with Gasteiger partial charge in [0.05, 0.1) is 11.4 Å². The van der Waals surface area contributed by atoms with E-state index >= 15 is 0 Å². The van der Waals surface area contributed by atoms with E-state index in [0.717, 1.165) is 22.5 Å². The lowest BCUT2D eigenvalue weighted by molar-refractivity contribution is 0.628. The topological polar surface area (TPSA) is 25.8 Å². The van der Waals surface area contributed by atoms with Crippen molar-refractivity contribution in [1.29, 1.82) is 0 Å². The summed E-state index contributed by atoms with van der Waals surface area (Å²) >= 11 is 6.02. The van der Waals surface area contributed by atoms with Crippen LogP contribution in [0.1, 0.15) is 5.82 Å². The molecule has 1 aromatic heterocycles. The maximum atomic E-state index is 13.0. The summed E-state index contributed by atoms with van der Waals surface area (Å²) < 4.78 is 13.0. The summed E-state index contributed by atoms with van der Waals surface area (Å²) in [6, 6.07) is 15.6. The first-order valence-corrected chi connectivity index (χ1v) is 6.87. The maximum Gasteiger partial charge on any atom is 0.126 e. The van der Waals surface area contributed by atoms with Crippen LogP contribution in [0.5, 0.6) is 0 Å². The SMILES string of the molecule is Cc1nc(-c2ccc(F)cc2)cc(-c2cccc(Cl)c2)n1. The molecule has 1 heterocycles. The van der Waals surface area contributed by atoms with E-state index in [9.17, 15) is 4.39 Å². The predicted molar refractivity (Wildman–Crippen MR) is 82.6 cm³/mol. The maximum absolute atomic E-state index is 13.0. The average molecular weight is 299 g/mol. The van der Waals surface area contributed by atoms with Crippen molar-refractivity contribution in [2.24, 2.45) is 0 Å². The number of hydrogen-bond acceptors (Lipinski definition) is 2. The Labute approximate surface area is 127 Å². The summed E-state index contributed by atoms with van der Waals surface area (Å²) in [4.78, 5) is 8.86. The van der Waals surface area contributed by atoms with E-state index in [4.69, 9.17) is 11.6 Å². The van der Waals surface area contributed by atoms with Crippen molar-refractivity contribution in [3.63, 3.8) is 0 Å². The first-order valence-electron chi connectivity index (χ1n) is 6.49. The quantitative estimate of drug-likeness (QED) is 0.671. The molecular formula is C17H12ClFN2. The van der Waals surface area contributed by atoms with E-state index in [1.165, 1.54) is 12.1 Å². The molecule has 3 rings (SSSR count). The highest BCUT2D eigenvalue weighted by atomic mass is 35.5. The number of benzene rings is 2. The van der Waals surface area contributed by atoms with Gasteiger partial charge in [0.25, 0.3) is 0 Å². The number of aromatic nitrogens is 2. The third-order valence-electron chi connectivity index (χ3n) is 3.10. The monoisotopic (exact) mass is 298 g/mol. The number of aryl methyl sites for hydroxylation is 1. The molecule has 0 aliphatic carbocycles. The molecule has 104 valence electrons. The molecule has 2 aromatic carbocycles. The van der Waals surface area contributed by atoms with Crippen LogP contribution in [-0.2, 0) is 0 Å². The Balaban J connectivity index is 2.10. The zero-order valence-electron chi connectivity index (χ0n) is 11.3. The van der Waals surface area contributed by atoms with Gasteiger partial charge >= 0.3 is 0 Å². The van der Waals surface area contributed by atoms with Crippen LogP contribution in [0.25, 0.3) is 22.5 Å². The average Bonchev–Trinajstić information content (AvgIpc) is 2.47. The number of halogens is 2. The van der Waals surface area contributed by atoms with Crippen molar-refractivity contribution in [2.45, 2.75) is 6.92 Å². The fourth-order valence-corrected chi connectivity index (χ4v) is 2.32. The molecule has 3 aromatic rings. The highest BCUT2D eigenvalue weighted by molar-refractivity contribution is 6.30. The number of nitrogens with zero attached hydrogens (tertiary/aromatic N) is 2. The minimum absolute atomic E-state index is 0.264. The lowest BCUT2D eigenvalue weighted by atomic mass is 10.1. The van der Waals surface area contributed by atoms with Crippen molar-refractivity contribution in [3.8, 4) is 22.5 Å². The van der Waals surface area contributed by atoms with Gasteiger partial charge in [-0.05, 0) is 49.4 Å². The lowest BCUT2D eigenvalue weighted by Crippen LogP contribution is -1.94. The summed E-state index contributed by atoms with van der Waals surface area (Å²) in [5.41, 5.74) is 3.34. The molecule has 0 unspecified atom stereocenters. The summed E-state index contributed by atoms with van der Waals surface area (Å²) in [7, 11) is 0. The Morgan fingerprint density at radius 3 is 2.19 bits per heavy atom. The van der Waals surface area contributed by atoms with Crippen LogP contribution in [0.4, 0.5) is 4.39 Å². The molecule has 0 bridgehead atoms. The Morgan fingerprint density at radius 2 is 1.52 bits per heavy atom. The smallest absolute Gasteiger partial charge is 0.126 e. The van der Waals surface area contributed by atoms with Gasteiger partial charge in [-0.2, -0.15) is 0 Å². The van der Waals surface area contributed by atoms with Gasteiger partial charge in [-0.25, -0.2) is 14.4 Å². The van der Waals surface area contributed by atoms with Crippen LogP contribution in [0, 0.1) is 12.7 Å². The van der Waals surface area contributed by atoms with Gasteiger partial charge in [-0.15, -0.1) is 0 Å². The minimum atomic E-state index is -0.264. The van der Waals surface area contributed by atoms with E-state index < -0.39 is 0 Å². The second-order valence-corrected chi connectivity index (χ2v) is 5.14. The van der Waals surface area contributed by atoms with E-state index in [2.05, 4.69) is 9.97 Å². The predicted octanol–water partition coefficient (Wildman–Crippen LogP) is 4.91. The van der Waals surface area contributed by atoms with Crippen molar-refractivity contribution in [3.05, 3.63) is 71.3 Å². The molecule has 0 saturated heterocycles. The Hall–Kier alpha value is -2.26. The first-order chi connectivity index (χ1) is 10.1. The third kappa shape index (κ3) is 3.09. The van der Waals surface area contributed by atoms with Gasteiger partial charge < -0.3 is 0 Å². The molecule has 0 radical (unpaired) electrons. The fourth-order valence-electron chi connectivity index (χ4n) is 2.13. The largest absolute Gasteiger partial charge is 0.233 e. The minimum Gasteiger partial charge on any atom is -0.233 e. The zero-order valence-corrected chi connectivity index (χ0v) is 12.1. The molecule has 2 nitrogen and oxygen atoms in total. The Morgan fingerprint density at radius 1 is 0.857 bits per heavy atom. The van der Waals surface area contributed by atoms with Crippen LogP contribution in [-0.4, -0.2) is 9.97 Å². The van der Waals surface area contributed by atoms with Crippen molar-refractivity contribution >= 4 is 11.6 Å². The summed E-state index contributed by atoms with van der Waals surface area (Å²) in [6.07, 6.45) is 0. The van der Waals surface area contributed by atoms with E-state index in [-0.39, 0.29) is 5.82 Å². The van der Waals surface area contributed by atoms with Crippen molar-refractivity contribution in [1.82, 2.24) is 9.97 Å². The second-order valence-electron chi connectivity index (χ2n) is 4.70. The second kappa shape index (κ2) is 5.62. The molecule has 0 N–H and O–H groups in total. The summed E-state index contributed by atoms with van der Waals surface area (Å²) in [6.45, 7) is 1.83. The number of hydrogen-bond donors (Lipinski definition) is 0. The standard InChI is InChI=1S/C17H12ClFN2/c1-11-20-16(12-5-7-15(19)8-6-12)10-17(21-11)13-3-2-4-14(18)9-13/h2-10H,1H3. The van der Waals surface area contributed by atoms with Crippen LogP contribution >= 0.6 is 11.6 Å². The van der Waals surface area contributed by atoms with Gasteiger partial charge in [0.2, 0.25) is 0 Å². The first kappa shape index (κ1) is 13.7. The van der Waals surface area contributed by atoms with Crippen LogP contribution in [0.15, 0.2) is 54.6 Å². The van der Waals surface area contributed by atoms with Gasteiger partial charge in [-0.3, -0.25) is 0 Å². The fraction of sp³-hybridized carbons (Fsp3) is 0.0588. The Bertz CT molecular complexity index is 785. The molecular weight excluding hydrogens is 287 g/mol. The Kier molecular flexibility index (Phi) is 3.67. The molecule has 4 heteroatoms. The highest BCUT2D eigenvalue weighted by Crippen LogP contribution is 2.25. The van der Waals surface area contributed by atoms with Crippen molar-refractivity contribution in [2.75, 3.05) is 0 Å². The normalized spacial score (nSPS) is 10.6. The van der Waals surface area contributed by atoms with Gasteiger partial charge in [0, 0.05) is 16.1 Å². The van der Waals surface area contributed by atoms with E-state index in [1.807, 2.05) is 37.3 Å². The lowest BCUT2D eigenvalue weighted by Gasteiger charge is -2.07. The molecule has 0 amide bonds. The highest BCUT2D eigenvalue weighted by Gasteiger charge is 2.07. The molecule has 21 heavy (non-hydrogen) atoms. The van der Waals surface area contributed by atoms with Crippen LogP contribution < -0.4 is 0 Å². The van der Waals surface area contributed by atoms with E-state index in [1.54, 1.807) is 12.1 Å². The zero-order chi connectivity index (χ0) is 14.8. The van der Waals surface area contributed by atoms with Gasteiger partial charge in [-0.1, -0.05) is 23.7 Å². The molecule has 0 aliphatic rings. The van der Waals surface area contributed by atoms with Crippen LogP contribution in [0.3, 0.4) is 0 Å². The van der Waals surface area contributed by atoms with Gasteiger partial charge in [0.1, 0.15) is 11.6 Å². The van der Waals surface area contributed by atoms with E-state index in [0.29, 0.717) is 10.8 Å². The van der Waals surface area contributed by atoms with Crippen LogP contribution in [0.2, 0.25) is 5.02 Å². The molecule has 0 aliphatic heterocycles. The summed E-state index contributed by atoms with van der Waals surface area (Å²) in [5.74, 6) is 0.395. The van der Waals surface area contributed by atoms with Crippen molar-refractivity contribution < 1.29 is 4.39 Å². The summed E-state index contributed by atoms with van der Waals surface area (Å²) in [5, 5.41) is 0.659.